The van der Waals surface area contributed by atoms with Crippen LogP contribution in [0.1, 0.15) is 28.4 Å². The predicted octanol–water partition coefficient (Wildman–Crippen LogP) is 0.979. The van der Waals surface area contributed by atoms with Crippen LogP contribution in [0, 0.1) is 22.0 Å². The molecule has 2 atom stereocenters. The van der Waals surface area contributed by atoms with Gasteiger partial charge in [0.25, 0.3) is 17.5 Å². The second kappa shape index (κ2) is 9.27. The first kappa shape index (κ1) is 20.6. The Morgan fingerprint density at radius 2 is 1.75 bits per heavy atom. The molecule has 9 heteroatoms. The maximum atomic E-state index is 12.2. The molecular weight excluding hydrogens is 366 g/mol. The zero-order valence-corrected chi connectivity index (χ0v) is 14.7. The first-order chi connectivity index (χ1) is 13.3. The number of carbonyl (C=O) groups is 2. The molecule has 4 N–H and O–H groups in total. The lowest BCUT2D eigenvalue weighted by atomic mass is 10.1. The summed E-state index contributed by atoms with van der Waals surface area (Å²) in [6, 6.07) is 10.7. The first-order valence-electron chi connectivity index (χ1n) is 8.11. The maximum Gasteiger partial charge on any atom is 0.270 e. The van der Waals surface area contributed by atoms with Gasteiger partial charge >= 0.3 is 0 Å². The summed E-state index contributed by atoms with van der Waals surface area (Å²) in [4.78, 5) is 33.9. The standard InChI is InChI=1S/C19H17N3O6/c1-12(23)17(19(25)21-26)20-18(24)15-9-7-13(8-10-15)5-6-14-3-2-4-16(11-14)22(27)28/h2-4,7-12,17,23,26H,1H3,(H,20,24)(H,21,25)/t12-,17+/m1/s1. The van der Waals surface area contributed by atoms with Gasteiger partial charge < -0.3 is 10.4 Å². The number of hydrogen-bond donors (Lipinski definition) is 4. The van der Waals surface area contributed by atoms with Crippen molar-refractivity contribution in [1.29, 1.82) is 0 Å². The van der Waals surface area contributed by atoms with Crippen molar-refractivity contribution in [2.24, 2.45) is 0 Å². The number of nitrogens with one attached hydrogen (secondary N) is 2. The summed E-state index contributed by atoms with van der Waals surface area (Å²) in [5, 5.41) is 31.3. The lowest BCUT2D eigenvalue weighted by Gasteiger charge is -2.19. The molecule has 0 saturated carbocycles. The molecule has 144 valence electrons. The lowest BCUT2D eigenvalue weighted by Crippen LogP contribution is -2.51. The number of nitro benzene ring substituents is 1. The molecule has 0 fully saturated rings. The van der Waals surface area contributed by atoms with E-state index in [9.17, 15) is 24.8 Å². The van der Waals surface area contributed by atoms with Gasteiger partial charge in [0, 0.05) is 28.8 Å². The van der Waals surface area contributed by atoms with E-state index in [-0.39, 0.29) is 11.3 Å². The van der Waals surface area contributed by atoms with Gasteiger partial charge in [0.1, 0.15) is 6.04 Å². The largest absolute Gasteiger partial charge is 0.391 e. The highest BCUT2D eigenvalue weighted by atomic mass is 16.6. The molecule has 0 aliphatic rings. The van der Waals surface area contributed by atoms with Crippen LogP contribution < -0.4 is 10.8 Å². The molecule has 0 radical (unpaired) electrons. The zero-order valence-electron chi connectivity index (χ0n) is 14.7. The van der Waals surface area contributed by atoms with E-state index in [4.69, 9.17) is 5.21 Å². The third-order valence-corrected chi connectivity index (χ3v) is 3.72. The second-order valence-electron chi connectivity index (χ2n) is 5.80. The van der Waals surface area contributed by atoms with E-state index in [1.54, 1.807) is 18.2 Å². The summed E-state index contributed by atoms with van der Waals surface area (Å²) in [6.45, 7) is 1.30. The van der Waals surface area contributed by atoms with Crippen LogP contribution in [-0.2, 0) is 4.79 Å². The molecule has 2 aromatic rings. The van der Waals surface area contributed by atoms with Crippen molar-refractivity contribution in [3.8, 4) is 11.8 Å². The molecule has 0 aliphatic carbocycles. The second-order valence-corrected chi connectivity index (χ2v) is 5.80. The first-order valence-corrected chi connectivity index (χ1v) is 8.11. The van der Waals surface area contributed by atoms with Gasteiger partial charge in [-0.05, 0) is 37.3 Å². The fourth-order valence-corrected chi connectivity index (χ4v) is 2.25. The topological polar surface area (TPSA) is 142 Å². The van der Waals surface area contributed by atoms with Gasteiger partial charge in [0.2, 0.25) is 0 Å². The number of aliphatic hydroxyl groups is 1. The summed E-state index contributed by atoms with van der Waals surface area (Å²) >= 11 is 0. The molecule has 0 bridgehead atoms. The van der Waals surface area contributed by atoms with Gasteiger partial charge in [-0.3, -0.25) is 24.9 Å². The van der Waals surface area contributed by atoms with Crippen LogP contribution in [0.5, 0.6) is 0 Å². The van der Waals surface area contributed by atoms with Crippen LogP contribution in [0.15, 0.2) is 48.5 Å². The van der Waals surface area contributed by atoms with Crippen molar-refractivity contribution in [3.63, 3.8) is 0 Å². The van der Waals surface area contributed by atoms with E-state index in [0.717, 1.165) is 0 Å². The summed E-state index contributed by atoms with van der Waals surface area (Å²) < 4.78 is 0. The summed E-state index contributed by atoms with van der Waals surface area (Å²) in [5.41, 5.74) is 2.59. The van der Waals surface area contributed by atoms with Crippen molar-refractivity contribution in [2.45, 2.75) is 19.1 Å². The van der Waals surface area contributed by atoms with Crippen molar-refractivity contribution in [2.75, 3.05) is 0 Å². The van der Waals surface area contributed by atoms with E-state index in [2.05, 4.69) is 17.2 Å². The van der Waals surface area contributed by atoms with E-state index >= 15 is 0 Å². The monoisotopic (exact) mass is 383 g/mol. The number of carbonyl (C=O) groups excluding carboxylic acids is 2. The van der Waals surface area contributed by atoms with Crippen molar-refractivity contribution in [1.82, 2.24) is 10.8 Å². The number of hydrogen-bond acceptors (Lipinski definition) is 6. The molecule has 0 aliphatic heterocycles. The van der Waals surface area contributed by atoms with Crippen LogP contribution in [0.3, 0.4) is 0 Å². The number of nitro groups is 1. The summed E-state index contributed by atoms with van der Waals surface area (Å²) in [5.74, 6) is 4.08. The molecule has 28 heavy (non-hydrogen) atoms. The Balaban J connectivity index is 2.11. The number of amides is 2. The highest BCUT2D eigenvalue weighted by molar-refractivity contribution is 5.97. The SMILES string of the molecule is C[C@@H](O)[C@H](NC(=O)c1ccc(C#Cc2cccc([N+](=O)[O-])c2)cc1)C(=O)NO. The number of hydroxylamine groups is 1. The number of non-ortho nitro benzene ring substituents is 1. The van der Waals surface area contributed by atoms with E-state index < -0.39 is 28.9 Å². The van der Waals surface area contributed by atoms with Crippen LogP contribution in [0.25, 0.3) is 0 Å². The van der Waals surface area contributed by atoms with Crippen LogP contribution in [-0.4, -0.2) is 39.2 Å². The van der Waals surface area contributed by atoms with E-state index in [1.165, 1.54) is 42.7 Å². The van der Waals surface area contributed by atoms with Crippen molar-refractivity contribution >= 4 is 17.5 Å². The normalized spacial score (nSPS) is 12.1. The molecule has 9 nitrogen and oxygen atoms in total. The van der Waals surface area contributed by atoms with Gasteiger partial charge in [0.15, 0.2) is 0 Å². The molecule has 0 spiro atoms. The summed E-state index contributed by atoms with van der Waals surface area (Å²) in [6.07, 6.45) is -1.21. The fourth-order valence-electron chi connectivity index (χ4n) is 2.25. The highest BCUT2D eigenvalue weighted by Gasteiger charge is 2.25. The minimum Gasteiger partial charge on any atom is -0.391 e. The molecule has 2 amide bonds. The quantitative estimate of drug-likeness (QED) is 0.262. The Kier molecular flexibility index (Phi) is 6.81. The number of rotatable bonds is 5. The highest BCUT2D eigenvalue weighted by Crippen LogP contribution is 2.12. The van der Waals surface area contributed by atoms with Gasteiger partial charge in [-0.2, -0.15) is 0 Å². The molecular formula is C19H17N3O6. The smallest absolute Gasteiger partial charge is 0.270 e. The molecule has 0 saturated heterocycles. The Bertz CT molecular complexity index is 944. The maximum absolute atomic E-state index is 12.2. The Hall–Kier alpha value is -3.74. The van der Waals surface area contributed by atoms with Gasteiger partial charge in [-0.25, -0.2) is 5.48 Å². The van der Waals surface area contributed by atoms with Crippen LogP contribution >= 0.6 is 0 Å². The average Bonchev–Trinajstić information content (AvgIpc) is 2.70. The Morgan fingerprint density at radius 3 is 2.32 bits per heavy atom. The van der Waals surface area contributed by atoms with Gasteiger partial charge in [-0.15, -0.1) is 0 Å². The number of benzene rings is 2. The summed E-state index contributed by atoms with van der Waals surface area (Å²) in [7, 11) is 0. The van der Waals surface area contributed by atoms with Crippen molar-refractivity contribution in [3.05, 3.63) is 75.3 Å². The third-order valence-electron chi connectivity index (χ3n) is 3.72. The van der Waals surface area contributed by atoms with E-state index in [0.29, 0.717) is 11.1 Å². The fraction of sp³-hybridized carbons (Fsp3) is 0.158. The van der Waals surface area contributed by atoms with Crippen LogP contribution in [0.2, 0.25) is 0 Å². The minimum atomic E-state index is -1.31. The molecule has 2 rings (SSSR count). The molecule has 2 aromatic carbocycles. The predicted molar refractivity (Wildman–Crippen MR) is 98.4 cm³/mol. The zero-order chi connectivity index (χ0) is 20.7. The van der Waals surface area contributed by atoms with Gasteiger partial charge in [-0.1, -0.05) is 17.9 Å². The molecule has 0 unspecified atom stereocenters. The lowest BCUT2D eigenvalue weighted by molar-refractivity contribution is -0.384. The average molecular weight is 383 g/mol. The third kappa shape index (κ3) is 5.38. The van der Waals surface area contributed by atoms with Crippen LogP contribution in [0.4, 0.5) is 5.69 Å². The minimum absolute atomic E-state index is 0.0570. The Labute approximate surface area is 160 Å². The number of nitrogens with zero attached hydrogens (tertiary/aromatic N) is 1. The van der Waals surface area contributed by atoms with Crippen molar-refractivity contribution < 1.29 is 24.8 Å². The Morgan fingerprint density at radius 1 is 1.11 bits per heavy atom. The van der Waals surface area contributed by atoms with Gasteiger partial charge in [0.05, 0.1) is 11.0 Å². The molecule has 0 aromatic heterocycles. The molecule has 0 heterocycles. The number of aliphatic hydroxyl groups excluding tert-OH is 1. The van der Waals surface area contributed by atoms with E-state index in [1.807, 2.05) is 0 Å².